The number of hydrogen-bond donors (Lipinski definition) is 5. The van der Waals surface area contributed by atoms with Gasteiger partial charge in [0, 0.05) is 42.2 Å². The molecule has 0 aromatic heterocycles. The van der Waals surface area contributed by atoms with E-state index in [0.717, 1.165) is 27.8 Å². The van der Waals surface area contributed by atoms with Crippen molar-refractivity contribution in [2.75, 3.05) is 19.6 Å². The van der Waals surface area contributed by atoms with Crippen molar-refractivity contribution in [3.63, 3.8) is 0 Å². The normalized spacial score (nSPS) is 41.9. The average molecular weight is 597 g/mol. The van der Waals surface area contributed by atoms with E-state index >= 15 is 0 Å². The fraction of sp³-hybridized carbons (Fsp3) is 0.514. The van der Waals surface area contributed by atoms with Crippen LogP contribution >= 0.6 is 0 Å². The predicted octanol–water partition coefficient (Wildman–Crippen LogP) is 2.26. The Morgan fingerprint density at radius 2 is 1.77 bits per heavy atom. The molecule has 4 aliphatic carbocycles. The van der Waals surface area contributed by atoms with Crippen LogP contribution in [0.1, 0.15) is 54.4 Å². The van der Waals surface area contributed by atoms with E-state index in [-0.39, 0.29) is 35.8 Å². The molecule has 2 aromatic rings. The summed E-state index contributed by atoms with van der Waals surface area (Å²) in [5, 5.41) is 51.1. The molecule has 228 valence electrons. The Bertz CT molecular complexity index is 1770. The summed E-state index contributed by atoms with van der Waals surface area (Å²) in [5.41, 5.74) is 0.238. The van der Waals surface area contributed by atoms with E-state index in [4.69, 9.17) is 9.47 Å². The zero-order chi connectivity index (χ0) is 30.0. The molecule has 3 fully saturated rings. The summed E-state index contributed by atoms with van der Waals surface area (Å²) >= 11 is 0. The molecule has 8 aliphatic rings. The van der Waals surface area contributed by atoms with Crippen LogP contribution < -0.4 is 14.8 Å². The predicted molar refractivity (Wildman–Crippen MR) is 158 cm³/mol. The van der Waals surface area contributed by atoms with E-state index in [1.54, 1.807) is 12.1 Å². The number of benzene rings is 2. The highest BCUT2D eigenvalue weighted by Crippen LogP contribution is 2.70. The van der Waals surface area contributed by atoms with Crippen LogP contribution in [0.15, 0.2) is 48.3 Å². The highest BCUT2D eigenvalue weighted by atomic mass is 16.5. The van der Waals surface area contributed by atoms with Crippen LogP contribution in [0.2, 0.25) is 0 Å². The fourth-order valence-electron chi connectivity index (χ4n) is 11.5. The fourth-order valence-corrected chi connectivity index (χ4v) is 11.5. The van der Waals surface area contributed by atoms with Gasteiger partial charge in [-0.3, -0.25) is 9.69 Å². The summed E-state index contributed by atoms with van der Waals surface area (Å²) in [7, 11) is 0. The molecule has 8 atom stereocenters. The third-order valence-electron chi connectivity index (χ3n) is 13.2. The minimum atomic E-state index is -1.29. The van der Waals surface area contributed by atoms with Gasteiger partial charge >= 0.3 is 0 Å². The largest absolute Gasteiger partial charge is 0.504 e. The van der Waals surface area contributed by atoms with Crippen LogP contribution in [-0.2, 0) is 28.5 Å². The smallest absolute Gasteiger partial charge is 0.181 e. The molecule has 44 heavy (non-hydrogen) atoms. The first kappa shape index (κ1) is 25.9. The van der Waals surface area contributed by atoms with Gasteiger partial charge in [-0.05, 0) is 80.3 Å². The number of likely N-dealkylation sites (tertiary alicyclic amines) is 1. The van der Waals surface area contributed by atoms with Gasteiger partial charge in [-0.2, -0.15) is 0 Å². The maximum absolute atomic E-state index is 14.8. The Morgan fingerprint density at radius 3 is 2.57 bits per heavy atom. The summed E-state index contributed by atoms with van der Waals surface area (Å²) in [6, 6.07) is 6.70. The van der Waals surface area contributed by atoms with E-state index in [0.29, 0.717) is 75.4 Å². The lowest BCUT2D eigenvalue weighted by Gasteiger charge is -2.63. The highest BCUT2D eigenvalue weighted by Gasteiger charge is 2.76. The first-order valence-corrected chi connectivity index (χ1v) is 16.0. The van der Waals surface area contributed by atoms with Crippen molar-refractivity contribution in [1.82, 2.24) is 10.2 Å². The molecule has 5 N–H and O–H groups in total. The Labute approximate surface area is 254 Å². The number of nitrogens with zero attached hydrogens (tertiary/aromatic N) is 1. The number of ketones is 1. The van der Waals surface area contributed by atoms with Crippen molar-refractivity contribution < 1.29 is 34.7 Å². The number of nitrogens with one attached hydrogen (secondary N) is 1. The molecular formula is C35H36N2O7. The first-order valence-electron chi connectivity index (χ1n) is 16.0. The monoisotopic (exact) mass is 596 g/mol. The molecule has 4 bridgehead atoms. The number of carbonyl (C=O) groups excluding carboxylic acids is 1. The van der Waals surface area contributed by atoms with Gasteiger partial charge in [0.25, 0.3) is 0 Å². The molecule has 0 radical (unpaired) electrons. The molecule has 4 aliphatic heterocycles. The van der Waals surface area contributed by atoms with Gasteiger partial charge in [0.2, 0.25) is 0 Å². The molecule has 10 rings (SSSR count). The van der Waals surface area contributed by atoms with E-state index < -0.39 is 34.1 Å². The zero-order valence-electron chi connectivity index (χ0n) is 24.4. The highest BCUT2D eigenvalue weighted by molar-refractivity contribution is 5.94. The van der Waals surface area contributed by atoms with Crippen LogP contribution in [0, 0.1) is 5.92 Å². The number of Topliss-reactive ketones (excluding diaryl/α,β-unsaturated/α-hetero) is 1. The lowest BCUT2D eigenvalue weighted by molar-refractivity contribution is -0.175. The summed E-state index contributed by atoms with van der Waals surface area (Å²) in [4.78, 5) is 17.1. The lowest BCUT2D eigenvalue weighted by Crippen LogP contribution is -2.77. The molecule has 4 unspecified atom stereocenters. The van der Waals surface area contributed by atoms with Crippen molar-refractivity contribution in [2.24, 2.45) is 5.92 Å². The number of carbonyl (C=O) groups is 1. The second kappa shape index (κ2) is 7.88. The van der Waals surface area contributed by atoms with Gasteiger partial charge in [0.15, 0.2) is 34.9 Å². The topological polar surface area (TPSA) is 132 Å². The third-order valence-corrected chi connectivity index (χ3v) is 13.2. The van der Waals surface area contributed by atoms with Gasteiger partial charge < -0.3 is 35.2 Å². The van der Waals surface area contributed by atoms with Gasteiger partial charge in [-0.1, -0.05) is 18.2 Å². The Morgan fingerprint density at radius 1 is 1.00 bits per heavy atom. The van der Waals surface area contributed by atoms with Crippen molar-refractivity contribution >= 4 is 5.78 Å². The van der Waals surface area contributed by atoms with Gasteiger partial charge in [0.1, 0.15) is 5.76 Å². The lowest BCUT2D eigenvalue weighted by atomic mass is 9.45. The van der Waals surface area contributed by atoms with Gasteiger partial charge in [-0.25, -0.2) is 0 Å². The minimum absolute atomic E-state index is 0.00281. The van der Waals surface area contributed by atoms with Gasteiger partial charge in [-0.15, -0.1) is 6.58 Å². The molecule has 0 amide bonds. The number of phenols is 2. The molecule has 2 spiro atoms. The van der Waals surface area contributed by atoms with Crippen LogP contribution in [0.3, 0.4) is 0 Å². The number of aliphatic hydroxyl groups is 2. The van der Waals surface area contributed by atoms with E-state index in [1.165, 1.54) is 0 Å². The SMILES string of the molecule is C=CCN1CC[C@]23C4=C(C5C[C@@]6(O)C7Cc8ccc(O)c9c8[C@@]6(CCN7)C(O9)C5=O)CC[C@@]2(O)C1Cc1ccc(O)c(c13)O4. The molecule has 1 saturated carbocycles. The average Bonchev–Trinajstić information content (AvgIpc) is 3.53. The minimum Gasteiger partial charge on any atom is -0.504 e. The van der Waals surface area contributed by atoms with Gasteiger partial charge in [0.05, 0.1) is 22.0 Å². The number of allylic oxidation sites excluding steroid dienone is 1. The Kier molecular flexibility index (Phi) is 4.64. The number of phenolic OH excluding ortho intramolecular Hbond substituents is 2. The number of aromatic hydroxyl groups is 2. The zero-order valence-corrected chi connectivity index (χ0v) is 24.4. The molecular weight excluding hydrogens is 560 g/mol. The third kappa shape index (κ3) is 2.51. The number of piperidine rings is 2. The summed E-state index contributed by atoms with van der Waals surface area (Å²) in [6.07, 6.45) is 4.34. The van der Waals surface area contributed by atoms with Crippen LogP contribution in [-0.4, -0.2) is 80.1 Å². The first-order chi connectivity index (χ1) is 21.2. The van der Waals surface area contributed by atoms with E-state index in [1.807, 2.05) is 18.2 Å². The molecule has 4 heterocycles. The Balaban J connectivity index is 1.17. The van der Waals surface area contributed by atoms with Crippen molar-refractivity contribution in [3.8, 4) is 23.0 Å². The second-order valence-corrected chi connectivity index (χ2v) is 14.4. The van der Waals surface area contributed by atoms with E-state index in [2.05, 4.69) is 16.8 Å². The number of rotatable bonds is 3. The standard InChI is InChI=1S/C35H36N2O7/c1-2-12-37-13-10-33-26-18-4-6-21(38)28(26)43-30(33)19(7-8-34(33,41)24(37)15-18)20-16-35(42)23-14-17-3-5-22(39)29-25(17)32(35,9-11-36-23)31(44-29)27(20)40/h2-6,20,23-24,31,36,38-39,41-42H,1,7-16H2/t20?,23?,24?,31?,32-,33-,34+,35+/m0/s1. The number of ether oxygens (including phenoxy) is 2. The van der Waals surface area contributed by atoms with E-state index in [9.17, 15) is 25.2 Å². The van der Waals surface area contributed by atoms with Crippen molar-refractivity contribution in [2.45, 2.75) is 85.2 Å². The van der Waals surface area contributed by atoms with Crippen molar-refractivity contribution in [3.05, 3.63) is 70.5 Å². The molecule has 9 nitrogen and oxygen atoms in total. The summed E-state index contributed by atoms with van der Waals surface area (Å²) < 4.78 is 13.1. The van der Waals surface area contributed by atoms with Crippen LogP contribution in [0.4, 0.5) is 0 Å². The maximum atomic E-state index is 14.8. The number of hydrogen-bond acceptors (Lipinski definition) is 9. The summed E-state index contributed by atoms with van der Waals surface area (Å²) in [6.45, 7) is 5.98. The Hall–Kier alpha value is -3.37. The summed E-state index contributed by atoms with van der Waals surface area (Å²) in [5.74, 6) is 0.528. The van der Waals surface area contributed by atoms with Crippen LogP contribution in [0.5, 0.6) is 23.0 Å². The molecule has 2 saturated heterocycles. The molecule has 2 aromatic carbocycles. The maximum Gasteiger partial charge on any atom is 0.181 e. The van der Waals surface area contributed by atoms with Crippen molar-refractivity contribution in [1.29, 1.82) is 0 Å². The second-order valence-electron chi connectivity index (χ2n) is 14.4. The molecule has 9 heteroatoms. The quantitative estimate of drug-likeness (QED) is 0.339. The van der Waals surface area contributed by atoms with Crippen LogP contribution in [0.25, 0.3) is 0 Å².